The Kier molecular flexibility index (Phi) is 7.36. The van der Waals surface area contributed by atoms with Crippen molar-refractivity contribution in [3.05, 3.63) is 59.8 Å². The number of carbonyl (C=O) groups excluding carboxylic acids is 2. The van der Waals surface area contributed by atoms with Crippen molar-refractivity contribution in [3.8, 4) is 0 Å². The highest BCUT2D eigenvalue weighted by atomic mass is 19.1. The van der Waals surface area contributed by atoms with E-state index in [0.29, 0.717) is 30.4 Å². The number of ether oxygens (including phenoxy) is 1. The third kappa shape index (κ3) is 5.33. The van der Waals surface area contributed by atoms with E-state index in [4.69, 9.17) is 4.74 Å². The minimum absolute atomic E-state index is 0.0107. The average molecular weight is 469 g/mol. The van der Waals surface area contributed by atoms with Crippen LogP contribution < -0.4 is 10.2 Å². The second-order valence-corrected chi connectivity index (χ2v) is 8.35. The van der Waals surface area contributed by atoms with Crippen molar-refractivity contribution < 1.29 is 18.7 Å². The second kappa shape index (κ2) is 10.6. The van der Waals surface area contributed by atoms with E-state index in [1.807, 2.05) is 11.8 Å². The van der Waals surface area contributed by atoms with Crippen LogP contribution in [-0.4, -0.2) is 71.2 Å². The number of amides is 2. The van der Waals surface area contributed by atoms with Gasteiger partial charge in [0.1, 0.15) is 19.1 Å². The summed E-state index contributed by atoms with van der Waals surface area (Å²) in [6.07, 6.45) is 2.36. The molecule has 0 aliphatic carbocycles. The summed E-state index contributed by atoms with van der Waals surface area (Å²) in [4.78, 5) is 37.8. The molecule has 1 atom stereocenters. The summed E-state index contributed by atoms with van der Waals surface area (Å²) in [5.74, 6) is 0.730. The van der Waals surface area contributed by atoms with Crippen LogP contribution in [-0.2, 0) is 22.7 Å². The van der Waals surface area contributed by atoms with E-state index in [1.54, 1.807) is 6.20 Å². The van der Waals surface area contributed by atoms with Crippen molar-refractivity contribution in [2.75, 3.05) is 49.6 Å². The molecule has 2 aliphatic heterocycles. The first kappa shape index (κ1) is 23.6. The lowest BCUT2D eigenvalue weighted by atomic mass is 10.1. The summed E-state index contributed by atoms with van der Waals surface area (Å²) < 4.78 is 17.9. The number of nitrogens with zero attached hydrogens (tertiary/aromatic N) is 5. The fourth-order valence-corrected chi connectivity index (χ4v) is 4.09. The Morgan fingerprint density at radius 3 is 2.68 bits per heavy atom. The molecule has 2 aliphatic rings. The maximum atomic E-state index is 12.9. The van der Waals surface area contributed by atoms with Gasteiger partial charge in [0.15, 0.2) is 0 Å². The van der Waals surface area contributed by atoms with Gasteiger partial charge in [0.05, 0.1) is 18.2 Å². The van der Waals surface area contributed by atoms with Crippen molar-refractivity contribution in [1.82, 2.24) is 19.8 Å². The molecule has 34 heavy (non-hydrogen) atoms. The molecule has 10 heteroatoms. The molecule has 180 valence electrons. The highest BCUT2D eigenvalue weighted by molar-refractivity contribution is 5.89. The molecule has 1 N–H and O–H groups in total. The number of halogens is 1. The SMILES string of the molecule is C=CC(=O)N1CCN(Cc2ccc([C@H](C)Nc3ncc4c(n3)N(CCF)C(=O)OC4)cc2)CC1. The minimum Gasteiger partial charge on any atom is -0.444 e. The lowest BCUT2D eigenvalue weighted by Crippen LogP contribution is -2.47. The Balaban J connectivity index is 1.35. The third-order valence-electron chi connectivity index (χ3n) is 6.07. The number of aromatic nitrogens is 2. The number of alkyl halides is 1. The number of piperazine rings is 1. The standard InChI is InChI=1S/C24H29FN6O3/c1-3-21(32)30-12-10-29(11-13-30)15-18-4-6-19(7-5-18)17(2)27-23-26-14-20-16-34-24(33)31(9-8-25)22(20)28-23/h3-7,14,17H,1,8-13,15-16H2,2H3,(H,26,27,28)/t17-/m0/s1. The molecule has 3 heterocycles. The second-order valence-electron chi connectivity index (χ2n) is 8.35. The molecule has 1 saturated heterocycles. The summed E-state index contributed by atoms with van der Waals surface area (Å²) in [5, 5.41) is 3.26. The molecule has 0 bridgehead atoms. The van der Waals surface area contributed by atoms with Crippen LogP contribution in [0.5, 0.6) is 0 Å². The Morgan fingerprint density at radius 2 is 2.00 bits per heavy atom. The van der Waals surface area contributed by atoms with E-state index < -0.39 is 12.8 Å². The number of anilines is 2. The largest absolute Gasteiger partial charge is 0.444 e. The summed E-state index contributed by atoms with van der Waals surface area (Å²) in [7, 11) is 0. The first-order valence-electron chi connectivity index (χ1n) is 11.3. The maximum Gasteiger partial charge on any atom is 0.415 e. The zero-order valence-electron chi connectivity index (χ0n) is 19.2. The highest BCUT2D eigenvalue weighted by Crippen LogP contribution is 2.26. The van der Waals surface area contributed by atoms with Gasteiger partial charge in [0, 0.05) is 38.9 Å². The molecule has 2 aromatic rings. The normalized spacial score (nSPS) is 17.1. The molecule has 1 aromatic carbocycles. The van der Waals surface area contributed by atoms with Crippen molar-refractivity contribution in [2.24, 2.45) is 0 Å². The van der Waals surface area contributed by atoms with Crippen molar-refractivity contribution in [1.29, 1.82) is 0 Å². The molecule has 4 rings (SSSR count). The van der Waals surface area contributed by atoms with Crippen molar-refractivity contribution >= 4 is 23.8 Å². The van der Waals surface area contributed by atoms with Crippen LogP contribution in [0.1, 0.15) is 29.7 Å². The van der Waals surface area contributed by atoms with Gasteiger partial charge in [0.2, 0.25) is 11.9 Å². The third-order valence-corrected chi connectivity index (χ3v) is 6.07. The van der Waals surface area contributed by atoms with Crippen LogP contribution in [0.3, 0.4) is 0 Å². The molecule has 1 fully saturated rings. The summed E-state index contributed by atoms with van der Waals surface area (Å²) in [6.45, 7) is 8.75. The first-order chi connectivity index (χ1) is 16.5. The smallest absolute Gasteiger partial charge is 0.415 e. The monoisotopic (exact) mass is 468 g/mol. The van der Waals surface area contributed by atoms with E-state index in [-0.39, 0.29) is 25.1 Å². The van der Waals surface area contributed by atoms with Gasteiger partial charge >= 0.3 is 6.09 Å². The Hall–Kier alpha value is -3.53. The number of benzene rings is 1. The minimum atomic E-state index is -0.688. The fraction of sp³-hybridized carbons (Fsp3) is 0.417. The lowest BCUT2D eigenvalue weighted by molar-refractivity contribution is -0.127. The fourth-order valence-electron chi connectivity index (χ4n) is 4.09. The predicted octanol–water partition coefficient (Wildman–Crippen LogP) is 2.91. The quantitative estimate of drug-likeness (QED) is 0.596. The van der Waals surface area contributed by atoms with Gasteiger partial charge in [-0.3, -0.25) is 14.6 Å². The lowest BCUT2D eigenvalue weighted by Gasteiger charge is -2.34. The summed E-state index contributed by atoms with van der Waals surface area (Å²) in [6, 6.07) is 8.25. The Morgan fingerprint density at radius 1 is 1.26 bits per heavy atom. The van der Waals surface area contributed by atoms with Crippen LogP contribution in [0.15, 0.2) is 43.1 Å². The highest BCUT2D eigenvalue weighted by Gasteiger charge is 2.28. The molecule has 0 saturated carbocycles. The molecule has 9 nitrogen and oxygen atoms in total. The van der Waals surface area contributed by atoms with Crippen LogP contribution in [0.4, 0.5) is 21.0 Å². The zero-order chi connectivity index (χ0) is 24.1. The van der Waals surface area contributed by atoms with Crippen LogP contribution >= 0.6 is 0 Å². The number of hydrogen-bond donors (Lipinski definition) is 1. The Labute approximate surface area is 198 Å². The van der Waals surface area contributed by atoms with Crippen molar-refractivity contribution in [3.63, 3.8) is 0 Å². The molecular formula is C24H29FN6O3. The van der Waals surface area contributed by atoms with Gasteiger partial charge in [-0.05, 0) is 24.1 Å². The van der Waals surface area contributed by atoms with E-state index in [2.05, 4.69) is 51.0 Å². The summed E-state index contributed by atoms with van der Waals surface area (Å²) >= 11 is 0. The predicted molar refractivity (Wildman–Crippen MR) is 126 cm³/mol. The number of fused-ring (bicyclic) bond motifs is 1. The summed E-state index contributed by atoms with van der Waals surface area (Å²) in [5.41, 5.74) is 2.90. The molecule has 0 unspecified atom stereocenters. The molecule has 2 amide bonds. The number of carbonyl (C=O) groups is 2. The number of nitrogens with one attached hydrogen (secondary N) is 1. The van der Waals surface area contributed by atoms with E-state index in [9.17, 15) is 14.0 Å². The van der Waals surface area contributed by atoms with Gasteiger partial charge in [-0.1, -0.05) is 30.8 Å². The molecule has 0 radical (unpaired) electrons. The van der Waals surface area contributed by atoms with E-state index >= 15 is 0 Å². The topological polar surface area (TPSA) is 90.9 Å². The van der Waals surface area contributed by atoms with Gasteiger partial charge in [-0.15, -0.1) is 0 Å². The number of rotatable bonds is 8. The molecule has 0 spiro atoms. The van der Waals surface area contributed by atoms with Gasteiger partial charge in [0.25, 0.3) is 0 Å². The molecular weight excluding hydrogens is 439 g/mol. The van der Waals surface area contributed by atoms with Gasteiger partial charge in [-0.2, -0.15) is 4.98 Å². The number of cyclic esters (lactones) is 1. The first-order valence-corrected chi connectivity index (χ1v) is 11.3. The van der Waals surface area contributed by atoms with Crippen LogP contribution in [0.25, 0.3) is 0 Å². The number of hydrogen-bond acceptors (Lipinski definition) is 7. The van der Waals surface area contributed by atoms with Crippen LogP contribution in [0.2, 0.25) is 0 Å². The van der Waals surface area contributed by atoms with Gasteiger partial charge < -0.3 is 15.0 Å². The van der Waals surface area contributed by atoms with Gasteiger partial charge in [-0.25, -0.2) is 14.2 Å². The maximum absolute atomic E-state index is 12.9. The molecule has 1 aromatic heterocycles. The van der Waals surface area contributed by atoms with Crippen LogP contribution in [0, 0.1) is 0 Å². The average Bonchev–Trinajstić information content (AvgIpc) is 2.86. The Bertz CT molecular complexity index is 1040. The van der Waals surface area contributed by atoms with E-state index in [1.165, 1.54) is 16.5 Å². The zero-order valence-corrected chi connectivity index (χ0v) is 19.2. The van der Waals surface area contributed by atoms with Crippen molar-refractivity contribution in [2.45, 2.75) is 26.1 Å². The van der Waals surface area contributed by atoms with E-state index in [0.717, 1.165) is 25.2 Å².